The Hall–Kier alpha value is -3.74. The summed E-state index contributed by atoms with van der Waals surface area (Å²) in [6, 6.07) is 14.1. The van der Waals surface area contributed by atoms with Crippen LogP contribution in [0.5, 0.6) is 0 Å². The summed E-state index contributed by atoms with van der Waals surface area (Å²) in [4.78, 5) is 25.5. The SMILES string of the molecule is Cc1c(C(=O)/C=C/c2ccc(N(C)C)cc2)nnn1-c1ccc(C(=O)O)cc1. The van der Waals surface area contributed by atoms with E-state index in [4.69, 9.17) is 5.11 Å². The predicted octanol–water partition coefficient (Wildman–Crippen LogP) is 3.24. The molecule has 0 aliphatic rings. The zero-order valence-corrected chi connectivity index (χ0v) is 15.8. The zero-order valence-electron chi connectivity index (χ0n) is 15.8. The summed E-state index contributed by atoms with van der Waals surface area (Å²) in [5, 5.41) is 17.0. The van der Waals surface area contributed by atoms with E-state index in [1.165, 1.54) is 22.9 Å². The summed E-state index contributed by atoms with van der Waals surface area (Å²) < 4.78 is 1.51. The number of carboxylic acid groups (broad SMARTS) is 1. The quantitative estimate of drug-likeness (QED) is 0.525. The van der Waals surface area contributed by atoms with E-state index in [-0.39, 0.29) is 17.0 Å². The van der Waals surface area contributed by atoms with E-state index in [1.54, 1.807) is 25.1 Å². The maximum Gasteiger partial charge on any atom is 0.335 e. The Morgan fingerprint density at radius 2 is 1.68 bits per heavy atom. The van der Waals surface area contributed by atoms with Gasteiger partial charge in [0.2, 0.25) is 5.78 Å². The standard InChI is InChI=1S/C21H20N4O3/c1-14-20(19(26)13-6-15-4-9-17(10-5-15)24(2)3)22-23-25(14)18-11-7-16(8-12-18)21(27)28/h4-13H,1-3H3,(H,27,28)/b13-6+. The van der Waals surface area contributed by atoms with Crippen LogP contribution in [0, 0.1) is 6.92 Å². The molecule has 1 aromatic heterocycles. The van der Waals surface area contributed by atoms with Crippen LogP contribution in [-0.4, -0.2) is 45.9 Å². The van der Waals surface area contributed by atoms with Crippen LogP contribution in [0.25, 0.3) is 11.8 Å². The van der Waals surface area contributed by atoms with Crippen LogP contribution in [0.15, 0.2) is 54.6 Å². The number of hydrogen-bond acceptors (Lipinski definition) is 5. The number of allylic oxidation sites excluding steroid dienone is 1. The van der Waals surface area contributed by atoms with Crippen molar-refractivity contribution >= 4 is 23.5 Å². The van der Waals surface area contributed by atoms with Gasteiger partial charge in [-0.3, -0.25) is 4.79 Å². The molecule has 1 N–H and O–H groups in total. The smallest absolute Gasteiger partial charge is 0.335 e. The van der Waals surface area contributed by atoms with Crippen molar-refractivity contribution in [2.45, 2.75) is 6.92 Å². The first kappa shape index (κ1) is 19.0. The van der Waals surface area contributed by atoms with Gasteiger partial charge in [-0.1, -0.05) is 23.4 Å². The fraction of sp³-hybridized carbons (Fsp3) is 0.143. The van der Waals surface area contributed by atoms with E-state index >= 15 is 0 Å². The average Bonchev–Trinajstić information content (AvgIpc) is 3.08. The molecule has 0 aliphatic heterocycles. The number of carbonyl (C=O) groups is 2. The van der Waals surface area contributed by atoms with Crippen molar-refractivity contribution in [3.05, 3.63) is 77.1 Å². The van der Waals surface area contributed by atoms with Crippen molar-refractivity contribution in [2.75, 3.05) is 19.0 Å². The number of nitrogens with zero attached hydrogens (tertiary/aromatic N) is 4. The van der Waals surface area contributed by atoms with Gasteiger partial charge < -0.3 is 10.0 Å². The average molecular weight is 376 g/mol. The molecule has 0 aliphatic carbocycles. The minimum absolute atomic E-state index is 0.182. The highest BCUT2D eigenvalue weighted by molar-refractivity contribution is 6.06. The lowest BCUT2D eigenvalue weighted by atomic mass is 10.1. The number of ketones is 1. The summed E-state index contributed by atoms with van der Waals surface area (Å²) in [5.74, 6) is -1.25. The van der Waals surface area contributed by atoms with Gasteiger partial charge in [-0.15, -0.1) is 5.10 Å². The van der Waals surface area contributed by atoms with Gasteiger partial charge in [-0.05, 0) is 55.0 Å². The number of hydrogen-bond donors (Lipinski definition) is 1. The van der Waals surface area contributed by atoms with Crippen LogP contribution in [0.3, 0.4) is 0 Å². The van der Waals surface area contributed by atoms with Crippen molar-refractivity contribution in [3.63, 3.8) is 0 Å². The lowest BCUT2D eigenvalue weighted by Gasteiger charge is -2.11. The van der Waals surface area contributed by atoms with Crippen molar-refractivity contribution in [3.8, 4) is 5.69 Å². The minimum Gasteiger partial charge on any atom is -0.478 e. The second kappa shape index (κ2) is 7.87. The molecule has 7 nitrogen and oxygen atoms in total. The number of aromatic carboxylic acids is 1. The molecule has 142 valence electrons. The second-order valence-corrected chi connectivity index (χ2v) is 6.47. The molecule has 0 fully saturated rings. The topological polar surface area (TPSA) is 88.3 Å². The predicted molar refractivity (Wildman–Crippen MR) is 107 cm³/mol. The van der Waals surface area contributed by atoms with E-state index < -0.39 is 5.97 Å². The van der Waals surface area contributed by atoms with Gasteiger partial charge in [-0.2, -0.15) is 0 Å². The normalized spacial score (nSPS) is 11.0. The fourth-order valence-corrected chi connectivity index (χ4v) is 2.68. The molecule has 0 radical (unpaired) electrons. The van der Waals surface area contributed by atoms with E-state index in [9.17, 15) is 9.59 Å². The lowest BCUT2D eigenvalue weighted by molar-refractivity contribution is 0.0696. The Labute approximate surface area is 162 Å². The van der Waals surface area contributed by atoms with E-state index in [0.717, 1.165) is 11.3 Å². The Balaban J connectivity index is 1.78. The third kappa shape index (κ3) is 3.98. The molecule has 0 bridgehead atoms. The molecule has 28 heavy (non-hydrogen) atoms. The minimum atomic E-state index is -0.999. The number of carboxylic acids is 1. The molecule has 0 atom stereocenters. The van der Waals surface area contributed by atoms with Gasteiger partial charge in [-0.25, -0.2) is 9.48 Å². The Morgan fingerprint density at radius 3 is 2.25 bits per heavy atom. The monoisotopic (exact) mass is 376 g/mol. The van der Waals surface area contributed by atoms with Crippen molar-refractivity contribution in [2.24, 2.45) is 0 Å². The Kier molecular flexibility index (Phi) is 5.35. The van der Waals surface area contributed by atoms with Crippen molar-refractivity contribution in [1.29, 1.82) is 0 Å². The first-order chi connectivity index (χ1) is 13.4. The molecule has 0 saturated heterocycles. The van der Waals surface area contributed by atoms with Gasteiger partial charge in [0, 0.05) is 19.8 Å². The number of rotatable bonds is 6. The number of carbonyl (C=O) groups excluding carboxylic acids is 1. The third-order valence-electron chi connectivity index (χ3n) is 4.32. The molecule has 0 unspecified atom stereocenters. The molecule has 0 saturated carbocycles. The first-order valence-corrected chi connectivity index (χ1v) is 8.62. The van der Waals surface area contributed by atoms with Gasteiger partial charge in [0.25, 0.3) is 0 Å². The zero-order chi connectivity index (χ0) is 20.3. The van der Waals surface area contributed by atoms with Crippen LogP contribution < -0.4 is 4.90 Å². The van der Waals surface area contributed by atoms with Crippen molar-refractivity contribution in [1.82, 2.24) is 15.0 Å². The van der Waals surface area contributed by atoms with Crippen LogP contribution in [-0.2, 0) is 0 Å². The highest BCUT2D eigenvalue weighted by atomic mass is 16.4. The summed E-state index contributed by atoms with van der Waals surface area (Å²) in [7, 11) is 3.94. The largest absolute Gasteiger partial charge is 0.478 e. The molecule has 0 spiro atoms. The fourth-order valence-electron chi connectivity index (χ4n) is 2.68. The summed E-state index contributed by atoms with van der Waals surface area (Å²) in [6.07, 6.45) is 3.21. The van der Waals surface area contributed by atoms with Crippen molar-refractivity contribution < 1.29 is 14.7 Å². The highest BCUT2D eigenvalue weighted by Gasteiger charge is 2.15. The summed E-state index contributed by atoms with van der Waals surface area (Å²) in [6.45, 7) is 1.75. The molecule has 0 amide bonds. The van der Waals surface area contributed by atoms with Crippen LogP contribution in [0.1, 0.15) is 32.1 Å². The van der Waals surface area contributed by atoms with E-state index in [1.807, 2.05) is 43.3 Å². The number of aromatic nitrogens is 3. The van der Waals surface area contributed by atoms with Gasteiger partial charge in [0.05, 0.1) is 16.9 Å². The molecule has 7 heteroatoms. The van der Waals surface area contributed by atoms with Crippen LogP contribution in [0.4, 0.5) is 5.69 Å². The van der Waals surface area contributed by atoms with E-state index in [0.29, 0.717) is 11.4 Å². The first-order valence-electron chi connectivity index (χ1n) is 8.62. The maximum absolute atomic E-state index is 12.5. The molecule has 3 aromatic rings. The maximum atomic E-state index is 12.5. The van der Waals surface area contributed by atoms with Gasteiger partial charge >= 0.3 is 5.97 Å². The molecular formula is C21H20N4O3. The van der Waals surface area contributed by atoms with Gasteiger partial charge in [0.1, 0.15) is 0 Å². The molecule has 3 rings (SSSR count). The molecule has 1 heterocycles. The number of anilines is 1. The molecule has 2 aromatic carbocycles. The lowest BCUT2D eigenvalue weighted by Crippen LogP contribution is -2.07. The summed E-state index contributed by atoms with van der Waals surface area (Å²) in [5.41, 5.74) is 3.65. The second-order valence-electron chi connectivity index (χ2n) is 6.47. The van der Waals surface area contributed by atoms with Crippen LogP contribution >= 0.6 is 0 Å². The van der Waals surface area contributed by atoms with E-state index in [2.05, 4.69) is 10.3 Å². The highest BCUT2D eigenvalue weighted by Crippen LogP contribution is 2.16. The number of benzene rings is 2. The van der Waals surface area contributed by atoms with Gasteiger partial charge in [0.15, 0.2) is 5.69 Å². The molecular weight excluding hydrogens is 356 g/mol. The third-order valence-corrected chi connectivity index (χ3v) is 4.32. The van der Waals surface area contributed by atoms with Crippen LogP contribution in [0.2, 0.25) is 0 Å². The Bertz CT molecular complexity index is 1030. The summed E-state index contributed by atoms with van der Waals surface area (Å²) >= 11 is 0. The Morgan fingerprint density at radius 1 is 1.04 bits per heavy atom.